The van der Waals surface area contributed by atoms with Gasteiger partial charge in [-0.2, -0.15) is 0 Å². The highest BCUT2D eigenvalue weighted by Crippen LogP contribution is 2.37. The number of aromatic nitrogens is 2. The summed E-state index contributed by atoms with van der Waals surface area (Å²) >= 11 is 0. The fraction of sp³-hybridized carbons (Fsp3) is 0.786. The normalized spacial score (nSPS) is 17.7. The van der Waals surface area contributed by atoms with E-state index >= 15 is 0 Å². The SMILES string of the molecule is CCC(CC)N(C)C(CN)c1cncn1C1CC1. The average molecular weight is 250 g/mol. The second kappa shape index (κ2) is 5.85. The molecule has 18 heavy (non-hydrogen) atoms. The third-order valence-electron chi connectivity index (χ3n) is 4.21. The van der Waals surface area contributed by atoms with Crippen LogP contribution in [0.1, 0.15) is 57.3 Å². The van der Waals surface area contributed by atoms with Crippen molar-refractivity contribution in [2.24, 2.45) is 5.73 Å². The second-order valence-corrected chi connectivity index (χ2v) is 5.34. The smallest absolute Gasteiger partial charge is 0.0951 e. The predicted molar refractivity (Wildman–Crippen MR) is 74.4 cm³/mol. The molecule has 1 unspecified atom stereocenters. The number of nitrogens with zero attached hydrogens (tertiary/aromatic N) is 3. The lowest BCUT2D eigenvalue weighted by Crippen LogP contribution is -2.39. The van der Waals surface area contributed by atoms with Crippen LogP contribution in [0.2, 0.25) is 0 Å². The topological polar surface area (TPSA) is 47.1 Å². The fourth-order valence-electron chi connectivity index (χ4n) is 2.85. The van der Waals surface area contributed by atoms with E-state index in [1.807, 2.05) is 12.5 Å². The van der Waals surface area contributed by atoms with Gasteiger partial charge in [-0.05, 0) is 32.7 Å². The quantitative estimate of drug-likeness (QED) is 0.808. The van der Waals surface area contributed by atoms with Gasteiger partial charge in [0.25, 0.3) is 0 Å². The van der Waals surface area contributed by atoms with E-state index in [-0.39, 0.29) is 6.04 Å². The zero-order valence-electron chi connectivity index (χ0n) is 11.8. The highest BCUT2D eigenvalue weighted by atomic mass is 15.2. The Kier molecular flexibility index (Phi) is 4.40. The maximum atomic E-state index is 6.02. The molecule has 1 aliphatic rings. The number of nitrogens with two attached hydrogens (primary N) is 1. The molecule has 0 aromatic carbocycles. The molecular weight excluding hydrogens is 224 g/mol. The van der Waals surface area contributed by atoms with Crippen LogP contribution >= 0.6 is 0 Å². The van der Waals surface area contributed by atoms with Crippen molar-refractivity contribution in [2.75, 3.05) is 13.6 Å². The minimum Gasteiger partial charge on any atom is -0.330 e. The lowest BCUT2D eigenvalue weighted by molar-refractivity contribution is 0.161. The largest absolute Gasteiger partial charge is 0.330 e. The third-order valence-corrected chi connectivity index (χ3v) is 4.21. The molecule has 1 aliphatic carbocycles. The van der Waals surface area contributed by atoms with E-state index < -0.39 is 0 Å². The molecule has 1 heterocycles. The molecule has 2 N–H and O–H groups in total. The van der Waals surface area contributed by atoms with Gasteiger partial charge in [0.2, 0.25) is 0 Å². The van der Waals surface area contributed by atoms with Gasteiger partial charge in [0.05, 0.1) is 18.1 Å². The molecule has 102 valence electrons. The van der Waals surface area contributed by atoms with Crippen LogP contribution in [0.3, 0.4) is 0 Å². The maximum Gasteiger partial charge on any atom is 0.0951 e. The number of likely N-dealkylation sites (N-methyl/N-ethyl adjacent to an activating group) is 1. The summed E-state index contributed by atoms with van der Waals surface area (Å²) in [5, 5.41) is 0. The predicted octanol–water partition coefficient (Wildman–Crippen LogP) is 2.34. The van der Waals surface area contributed by atoms with Crippen molar-refractivity contribution in [2.45, 2.75) is 57.7 Å². The van der Waals surface area contributed by atoms with Crippen molar-refractivity contribution in [3.05, 3.63) is 18.2 Å². The molecule has 0 saturated heterocycles. The van der Waals surface area contributed by atoms with E-state index in [9.17, 15) is 0 Å². The van der Waals surface area contributed by atoms with E-state index in [4.69, 9.17) is 5.73 Å². The second-order valence-electron chi connectivity index (χ2n) is 5.34. The summed E-state index contributed by atoms with van der Waals surface area (Å²) in [6.07, 6.45) is 8.87. The first kappa shape index (κ1) is 13.6. The summed E-state index contributed by atoms with van der Waals surface area (Å²) in [7, 11) is 2.19. The number of rotatable bonds is 7. The Labute approximate surface area is 110 Å². The van der Waals surface area contributed by atoms with Crippen LogP contribution in [0, 0.1) is 0 Å². The first-order chi connectivity index (χ1) is 8.72. The zero-order chi connectivity index (χ0) is 13.1. The molecule has 1 fully saturated rings. The Bertz CT molecular complexity index is 366. The molecule has 1 atom stereocenters. The van der Waals surface area contributed by atoms with E-state index in [1.54, 1.807) is 0 Å². The summed E-state index contributed by atoms with van der Waals surface area (Å²) in [5.41, 5.74) is 7.31. The van der Waals surface area contributed by atoms with E-state index in [0.29, 0.717) is 18.6 Å². The van der Waals surface area contributed by atoms with Crippen molar-refractivity contribution in [3.63, 3.8) is 0 Å². The van der Waals surface area contributed by atoms with Crippen molar-refractivity contribution in [3.8, 4) is 0 Å². The monoisotopic (exact) mass is 250 g/mol. The Morgan fingerprint density at radius 2 is 2.11 bits per heavy atom. The maximum absolute atomic E-state index is 6.02. The van der Waals surface area contributed by atoms with E-state index in [2.05, 4.69) is 35.3 Å². The van der Waals surface area contributed by atoms with Crippen LogP contribution in [0.15, 0.2) is 12.5 Å². The van der Waals surface area contributed by atoms with Gasteiger partial charge in [-0.1, -0.05) is 13.8 Å². The highest BCUT2D eigenvalue weighted by Gasteiger charge is 2.30. The Hall–Kier alpha value is -0.870. The molecular formula is C14H26N4. The average Bonchev–Trinajstić information content (AvgIpc) is 3.12. The summed E-state index contributed by atoms with van der Waals surface area (Å²) < 4.78 is 2.33. The third kappa shape index (κ3) is 2.59. The van der Waals surface area contributed by atoms with Gasteiger partial charge in [0.1, 0.15) is 0 Å². The minimum absolute atomic E-state index is 0.290. The molecule has 0 bridgehead atoms. The molecule has 4 heteroatoms. The van der Waals surface area contributed by atoms with Crippen LogP contribution in [-0.4, -0.2) is 34.1 Å². The van der Waals surface area contributed by atoms with Crippen molar-refractivity contribution in [1.29, 1.82) is 0 Å². The molecule has 1 aromatic rings. The standard InChI is InChI=1S/C14H26N4/c1-4-11(5-2)17(3)13(8-15)14-9-16-10-18(14)12-6-7-12/h9-13H,4-8,15H2,1-3H3. The van der Waals surface area contributed by atoms with E-state index in [1.165, 1.54) is 31.4 Å². The van der Waals surface area contributed by atoms with Crippen LogP contribution in [0.4, 0.5) is 0 Å². The molecule has 0 radical (unpaired) electrons. The van der Waals surface area contributed by atoms with Crippen molar-refractivity contribution >= 4 is 0 Å². The summed E-state index contributed by atoms with van der Waals surface area (Å²) in [5.74, 6) is 0. The zero-order valence-corrected chi connectivity index (χ0v) is 11.8. The van der Waals surface area contributed by atoms with E-state index in [0.717, 1.165) is 0 Å². The molecule has 0 spiro atoms. The first-order valence-electron chi connectivity index (χ1n) is 7.16. The molecule has 4 nitrogen and oxygen atoms in total. The number of hydrogen-bond donors (Lipinski definition) is 1. The summed E-state index contributed by atoms with van der Waals surface area (Å²) in [4.78, 5) is 6.75. The first-order valence-corrected chi connectivity index (χ1v) is 7.16. The van der Waals surface area contributed by atoms with Gasteiger partial charge in [0, 0.05) is 24.8 Å². The Morgan fingerprint density at radius 1 is 1.44 bits per heavy atom. The number of hydrogen-bond acceptors (Lipinski definition) is 3. The summed E-state index contributed by atoms with van der Waals surface area (Å²) in [6.45, 7) is 5.15. The molecule has 2 rings (SSSR count). The lowest BCUT2D eigenvalue weighted by Gasteiger charge is -2.34. The van der Waals surface area contributed by atoms with Crippen LogP contribution in [-0.2, 0) is 0 Å². The Morgan fingerprint density at radius 3 is 2.61 bits per heavy atom. The van der Waals surface area contributed by atoms with Gasteiger partial charge < -0.3 is 10.3 Å². The van der Waals surface area contributed by atoms with Gasteiger partial charge in [0.15, 0.2) is 0 Å². The Balaban J connectivity index is 2.18. The molecule has 0 aliphatic heterocycles. The molecule has 1 aromatic heterocycles. The van der Waals surface area contributed by atoms with Gasteiger partial charge in [-0.25, -0.2) is 4.98 Å². The van der Waals surface area contributed by atoms with Crippen LogP contribution in [0.25, 0.3) is 0 Å². The highest BCUT2D eigenvalue weighted by molar-refractivity contribution is 5.10. The van der Waals surface area contributed by atoms with Gasteiger partial charge in [-0.15, -0.1) is 0 Å². The van der Waals surface area contributed by atoms with Crippen LogP contribution in [0.5, 0.6) is 0 Å². The molecule has 1 saturated carbocycles. The lowest BCUT2D eigenvalue weighted by atomic mass is 10.1. The molecule has 0 amide bonds. The summed E-state index contributed by atoms with van der Waals surface area (Å²) in [6, 6.07) is 1.56. The van der Waals surface area contributed by atoms with Gasteiger partial charge in [-0.3, -0.25) is 4.90 Å². The van der Waals surface area contributed by atoms with Gasteiger partial charge >= 0.3 is 0 Å². The number of imidazole rings is 1. The fourth-order valence-corrected chi connectivity index (χ4v) is 2.85. The minimum atomic E-state index is 0.290. The van der Waals surface area contributed by atoms with Crippen molar-refractivity contribution in [1.82, 2.24) is 14.5 Å². The van der Waals surface area contributed by atoms with Crippen molar-refractivity contribution < 1.29 is 0 Å². The van der Waals surface area contributed by atoms with Crippen LogP contribution < -0.4 is 5.73 Å².